The van der Waals surface area contributed by atoms with Crippen LogP contribution in [0.15, 0.2) is 10.5 Å². The minimum Gasteiger partial charge on any atom is -0.493 e. The number of rotatable bonds is 2. The molecule has 0 saturated carbocycles. The van der Waals surface area contributed by atoms with Crippen molar-refractivity contribution in [3.05, 3.63) is 26.5 Å². The van der Waals surface area contributed by atoms with Crippen molar-refractivity contribution in [2.45, 2.75) is 0 Å². The Morgan fingerprint density at radius 1 is 1.71 bits per heavy atom. The minimum atomic E-state index is -1.000. The predicted molar refractivity (Wildman–Crippen MR) is 51.7 cm³/mol. The second kappa shape index (κ2) is 3.79. The van der Waals surface area contributed by atoms with Gasteiger partial charge < -0.3 is 10.5 Å². The number of ether oxygens (including phenoxy) is 1. The van der Waals surface area contributed by atoms with Crippen LogP contribution in [0.2, 0.25) is 0 Å². The molecular weight excluding hydrogens is 259 g/mol. The molecule has 0 bridgehead atoms. The van der Waals surface area contributed by atoms with Gasteiger partial charge in [0.2, 0.25) is 5.82 Å². The van der Waals surface area contributed by atoms with Crippen LogP contribution in [0.5, 0.6) is 5.75 Å². The Morgan fingerprint density at radius 2 is 2.29 bits per heavy atom. The van der Waals surface area contributed by atoms with Gasteiger partial charge in [0.15, 0.2) is 5.75 Å². The van der Waals surface area contributed by atoms with Crippen LogP contribution in [0.25, 0.3) is 0 Å². The van der Waals surface area contributed by atoms with Crippen LogP contribution in [-0.4, -0.2) is 12.0 Å². The summed E-state index contributed by atoms with van der Waals surface area (Å²) < 4.78 is 17.8. The SMILES string of the molecule is COc1c(N)cc(F)c([N+](=O)[O-])c1Br. The number of halogens is 2. The molecular formula is C7H6BrFN2O3. The van der Waals surface area contributed by atoms with Gasteiger partial charge in [-0.25, -0.2) is 0 Å². The first kappa shape index (κ1) is 10.7. The Balaban J connectivity index is 3.52. The van der Waals surface area contributed by atoms with E-state index < -0.39 is 16.4 Å². The molecule has 0 aromatic heterocycles. The van der Waals surface area contributed by atoms with Gasteiger partial charge in [-0.15, -0.1) is 0 Å². The zero-order valence-electron chi connectivity index (χ0n) is 7.08. The molecule has 7 heteroatoms. The van der Waals surface area contributed by atoms with E-state index in [4.69, 9.17) is 10.5 Å². The van der Waals surface area contributed by atoms with Crippen LogP contribution in [0, 0.1) is 15.9 Å². The van der Waals surface area contributed by atoms with Gasteiger partial charge in [-0.3, -0.25) is 10.1 Å². The van der Waals surface area contributed by atoms with Crippen LogP contribution in [-0.2, 0) is 0 Å². The molecule has 0 aliphatic carbocycles. The Bertz CT molecular complexity index is 397. The summed E-state index contributed by atoms with van der Waals surface area (Å²) >= 11 is 2.86. The van der Waals surface area contributed by atoms with Crippen molar-refractivity contribution in [2.75, 3.05) is 12.8 Å². The Hall–Kier alpha value is -1.37. The molecule has 0 aliphatic heterocycles. The molecule has 0 atom stereocenters. The summed E-state index contributed by atoms with van der Waals surface area (Å²) in [7, 11) is 1.29. The summed E-state index contributed by atoms with van der Waals surface area (Å²) in [5.41, 5.74) is 4.70. The summed E-state index contributed by atoms with van der Waals surface area (Å²) in [6, 6.07) is 0.849. The van der Waals surface area contributed by atoms with Crippen molar-refractivity contribution in [3.63, 3.8) is 0 Å². The number of nitro benzene ring substituents is 1. The lowest BCUT2D eigenvalue weighted by Gasteiger charge is -2.07. The summed E-state index contributed by atoms with van der Waals surface area (Å²) in [6.45, 7) is 0. The van der Waals surface area contributed by atoms with Crippen LogP contribution in [0.3, 0.4) is 0 Å². The lowest BCUT2D eigenvalue weighted by Crippen LogP contribution is -2.00. The molecule has 1 aromatic rings. The quantitative estimate of drug-likeness (QED) is 0.504. The molecule has 1 aromatic carbocycles. The Kier molecular flexibility index (Phi) is 2.90. The van der Waals surface area contributed by atoms with Crippen LogP contribution in [0.1, 0.15) is 0 Å². The number of nitro groups is 1. The maximum Gasteiger partial charge on any atom is 0.322 e. The molecule has 0 aliphatic rings. The van der Waals surface area contributed by atoms with Crippen molar-refractivity contribution in [1.82, 2.24) is 0 Å². The van der Waals surface area contributed by atoms with Crippen LogP contribution in [0.4, 0.5) is 15.8 Å². The van der Waals surface area contributed by atoms with Crippen molar-refractivity contribution in [3.8, 4) is 5.75 Å². The highest BCUT2D eigenvalue weighted by atomic mass is 79.9. The third-order valence-electron chi connectivity index (χ3n) is 1.56. The second-order valence-electron chi connectivity index (χ2n) is 2.40. The van der Waals surface area contributed by atoms with Gasteiger partial charge in [-0.2, -0.15) is 4.39 Å². The smallest absolute Gasteiger partial charge is 0.322 e. The fourth-order valence-corrected chi connectivity index (χ4v) is 1.71. The van der Waals surface area contributed by atoms with E-state index in [0.717, 1.165) is 6.07 Å². The lowest BCUT2D eigenvalue weighted by molar-refractivity contribution is -0.388. The van der Waals surface area contributed by atoms with E-state index in [9.17, 15) is 14.5 Å². The first-order valence-electron chi connectivity index (χ1n) is 3.45. The van der Waals surface area contributed by atoms with Gasteiger partial charge in [0.25, 0.3) is 0 Å². The Labute approximate surface area is 86.9 Å². The molecule has 0 fully saturated rings. The molecule has 0 unspecified atom stereocenters. The number of hydrogen-bond acceptors (Lipinski definition) is 4. The predicted octanol–water partition coefficient (Wildman–Crippen LogP) is 2.09. The van der Waals surface area contributed by atoms with Crippen molar-refractivity contribution >= 4 is 27.3 Å². The van der Waals surface area contributed by atoms with Crippen LogP contribution >= 0.6 is 15.9 Å². The van der Waals surface area contributed by atoms with Gasteiger partial charge in [0, 0.05) is 6.07 Å². The fraction of sp³-hybridized carbons (Fsp3) is 0.143. The van der Waals surface area contributed by atoms with Gasteiger partial charge in [0.05, 0.1) is 17.7 Å². The topological polar surface area (TPSA) is 78.4 Å². The monoisotopic (exact) mass is 264 g/mol. The maximum atomic E-state index is 13.1. The summed E-state index contributed by atoms with van der Waals surface area (Å²) in [6.07, 6.45) is 0. The van der Waals surface area contributed by atoms with E-state index in [1.807, 2.05) is 0 Å². The third kappa shape index (κ3) is 1.63. The van der Waals surface area contributed by atoms with Crippen LogP contribution < -0.4 is 10.5 Å². The normalized spacial score (nSPS) is 9.93. The van der Waals surface area contributed by atoms with Crippen molar-refractivity contribution in [2.24, 2.45) is 0 Å². The van der Waals surface area contributed by atoms with Crippen molar-refractivity contribution in [1.29, 1.82) is 0 Å². The average molecular weight is 265 g/mol. The number of nitrogens with two attached hydrogens (primary N) is 1. The highest BCUT2D eigenvalue weighted by Crippen LogP contribution is 2.40. The van der Waals surface area contributed by atoms with Gasteiger partial charge >= 0.3 is 5.69 Å². The highest BCUT2D eigenvalue weighted by molar-refractivity contribution is 9.10. The van der Waals surface area contributed by atoms with E-state index in [2.05, 4.69) is 15.9 Å². The molecule has 76 valence electrons. The number of anilines is 1. The maximum absolute atomic E-state index is 13.1. The molecule has 2 N–H and O–H groups in total. The van der Waals surface area contributed by atoms with E-state index in [-0.39, 0.29) is 15.9 Å². The zero-order valence-corrected chi connectivity index (χ0v) is 8.67. The van der Waals surface area contributed by atoms with E-state index in [1.54, 1.807) is 0 Å². The number of benzene rings is 1. The summed E-state index contributed by atoms with van der Waals surface area (Å²) in [5, 5.41) is 10.5. The summed E-state index contributed by atoms with van der Waals surface area (Å²) in [5.74, 6) is -0.946. The van der Waals surface area contributed by atoms with Gasteiger partial charge in [0.1, 0.15) is 4.47 Å². The van der Waals surface area contributed by atoms with Crippen molar-refractivity contribution < 1.29 is 14.1 Å². The molecule has 5 nitrogen and oxygen atoms in total. The second-order valence-corrected chi connectivity index (χ2v) is 3.19. The standard InChI is InChI=1S/C7H6BrFN2O3/c1-14-7-4(10)2-3(9)6(5(7)8)11(12)13/h2H,10H2,1H3. The highest BCUT2D eigenvalue weighted by Gasteiger charge is 2.24. The molecule has 0 saturated heterocycles. The first-order chi connectivity index (χ1) is 6.49. The fourth-order valence-electron chi connectivity index (χ4n) is 0.984. The number of methoxy groups -OCH3 is 1. The molecule has 0 spiro atoms. The molecule has 1 rings (SSSR count). The zero-order chi connectivity index (χ0) is 10.9. The average Bonchev–Trinajstić information content (AvgIpc) is 2.02. The van der Waals surface area contributed by atoms with E-state index in [1.165, 1.54) is 7.11 Å². The number of nitrogen functional groups attached to an aromatic ring is 1. The number of hydrogen-bond donors (Lipinski definition) is 1. The Morgan fingerprint density at radius 3 is 2.71 bits per heavy atom. The minimum absolute atomic E-state index is 0.00229. The lowest BCUT2D eigenvalue weighted by atomic mass is 10.2. The van der Waals surface area contributed by atoms with E-state index in [0.29, 0.717) is 0 Å². The molecule has 14 heavy (non-hydrogen) atoms. The molecule has 0 radical (unpaired) electrons. The number of nitrogens with zero attached hydrogens (tertiary/aromatic N) is 1. The third-order valence-corrected chi connectivity index (χ3v) is 2.30. The first-order valence-corrected chi connectivity index (χ1v) is 4.24. The van der Waals surface area contributed by atoms with Gasteiger partial charge in [-0.05, 0) is 15.9 Å². The van der Waals surface area contributed by atoms with E-state index >= 15 is 0 Å². The molecule has 0 heterocycles. The van der Waals surface area contributed by atoms with Gasteiger partial charge in [-0.1, -0.05) is 0 Å². The summed E-state index contributed by atoms with van der Waals surface area (Å²) in [4.78, 5) is 9.62. The largest absolute Gasteiger partial charge is 0.493 e. The molecule has 0 amide bonds.